The standard InChI is InChI=1S/C27H21F3N4O3/c1-14-8-18(6-7-22(14)36-23-5-3-2-4-20(23)28)34-26(32)19(13-33-34)25(35)17-9-15-11-21(31)24(37-27(29)30)12-16(15)10-17/h2-8,10-13,27H,9,31-32H2,1H3. The third-order valence-corrected chi connectivity index (χ3v) is 6.00. The van der Waals surface area contributed by atoms with Crippen molar-refractivity contribution < 1.29 is 27.4 Å². The van der Waals surface area contributed by atoms with Crippen LogP contribution in [0.2, 0.25) is 0 Å². The predicted molar refractivity (Wildman–Crippen MR) is 133 cm³/mol. The van der Waals surface area contributed by atoms with Gasteiger partial charge in [-0.2, -0.15) is 13.9 Å². The molecule has 0 saturated carbocycles. The van der Waals surface area contributed by atoms with Crippen LogP contribution in [-0.2, 0) is 6.42 Å². The van der Waals surface area contributed by atoms with E-state index >= 15 is 0 Å². The molecule has 188 valence electrons. The lowest BCUT2D eigenvalue weighted by atomic mass is 10.0. The van der Waals surface area contributed by atoms with Crippen LogP contribution < -0.4 is 20.9 Å². The zero-order valence-electron chi connectivity index (χ0n) is 19.5. The average molecular weight is 506 g/mol. The molecule has 0 aliphatic heterocycles. The number of fused-ring (bicyclic) bond motifs is 1. The topological polar surface area (TPSA) is 105 Å². The van der Waals surface area contributed by atoms with Gasteiger partial charge in [-0.25, -0.2) is 9.07 Å². The molecule has 0 amide bonds. The second-order valence-electron chi connectivity index (χ2n) is 8.48. The van der Waals surface area contributed by atoms with Gasteiger partial charge in [-0.05, 0) is 72.2 Å². The number of benzene rings is 3. The predicted octanol–water partition coefficient (Wildman–Crippen LogP) is 5.70. The van der Waals surface area contributed by atoms with Gasteiger partial charge in [0.05, 0.1) is 23.1 Å². The molecule has 1 aromatic heterocycles. The molecule has 5 rings (SSSR count). The van der Waals surface area contributed by atoms with Crippen molar-refractivity contribution >= 4 is 23.4 Å². The van der Waals surface area contributed by atoms with Crippen LogP contribution in [0.5, 0.6) is 17.2 Å². The molecular formula is C27H21F3N4O3. The third kappa shape index (κ3) is 4.61. The van der Waals surface area contributed by atoms with Gasteiger partial charge in [0, 0.05) is 12.0 Å². The number of carbonyl (C=O) groups excluding carboxylic acids is 1. The summed E-state index contributed by atoms with van der Waals surface area (Å²) in [6, 6.07) is 14.1. The van der Waals surface area contributed by atoms with Gasteiger partial charge in [0.15, 0.2) is 17.3 Å². The van der Waals surface area contributed by atoms with Crippen LogP contribution >= 0.6 is 0 Å². The Balaban J connectivity index is 1.38. The highest BCUT2D eigenvalue weighted by Crippen LogP contribution is 2.36. The van der Waals surface area contributed by atoms with Crippen LogP contribution in [-0.4, -0.2) is 22.2 Å². The normalized spacial score (nSPS) is 12.4. The van der Waals surface area contributed by atoms with Crippen molar-refractivity contribution in [2.45, 2.75) is 20.0 Å². The number of alkyl halides is 2. The van der Waals surface area contributed by atoms with Gasteiger partial charge in [0.2, 0.25) is 0 Å². The van der Waals surface area contributed by atoms with Gasteiger partial charge < -0.3 is 20.9 Å². The summed E-state index contributed by atoms with van der Waals surface area (Å²) in [5, 5.41) is 4.28. The molecule has 0 spiro atoms. The molecule has 0 unspecified atom stereocenters. The molecule has 1 aliphatic carbocycles. The van der Waals surface area contributed by atoms with E-state index in [9.17, 15) is 18.0 Å². The first kappa shape index (κ1) is 24.0. The largest absolute Gasteiger partial charge is 0.454 e. The number of nitrogens with two attached hydrogens (primary N) is 2. The number of nitrogen functional groups attached to an aromatic ring is 2. The summed E-state index contributed by atoms with van der Waals surface area (Å²) in [6.45, 7) is -1.22. The molecule has 4 N–H and O–H groups in total. The molecule has 0 bridgehead atoms. The molecule has 7 nitrogen and oxygen atoms in total. The van der Waals surface area contributed by atoms with E-state index in [1.807, 2.05) is 0 Å². The summed E-state index contributed by atoms with van der Waals surface area (Å²) in [4.78, 5) is 13.2. The molecule has 0 atom stereocenters. The number of aryl methyl sites for hydroxylation is 1. The molecule has 1 aliphatic rings. The highest BCUT2D eigenvalue weighted by atomic mass is 19.3. The average Bonchev–Trinajstić information content (AvgIpc) is 3.44. The van der Waals surface area contributed by atoms with Gasteiger partial charge in [0.25, 0.3) is 0 Å². The Morgan fingerprint density at radius 2 is 1.84 bits per heavy atom. The number of rotatable bonds is 7. The lowest BCUT2D eigenvalue weighted by Crippen LogP contribution is -2.08. The minimum atomic E-state index is -3.01. The summed E-state index contributed by atoms with van der Waals surface area (Å²) >= 11 is 0. The van der Waals surface area contributed by atoms with Crippen molar-refractivity contribution in [3.8, 4) is 22.9 Å². The number of Topliss-reactive ketones (excluding diaryl/α,β-unsaturated/α-hetero) is 1. The lowest BCUT2D eigenvalue weighted by molar-refractivity contribution is -0.0493. The first-order valence-electron chi connectivity index (χ1n) is 11.2. The Morgan fingerprint density at radius 1 is 1.05 bits per heavy atom. The monoisotopic (exact) mass is 506 g/mol. The number of hydrogen-bond donors (Lipinski definition) is 2. The second kappa shape index (κ2) is 9.38. The number of allylic oxidation sites excluding steroid dienone is 1. The third-order valence-electron chi connectivity index (χ3n) is 6.00. The van der Waals surface area contributed by atoms with E-state index in [4.69, 9.17) is 16.2 Å². The van der Waals surface area contributed by atoms with Crippen LogP contribution in [0.1, 0.15) is 27.0 Å². The number of para-hydroxylation sites is 1. The number of ether oxygens (including phenoxy) is 2. The van der Waals surface area contributed by atoms with Crippen molar-refractivity contribution in [1.82, 2.24) is 9.78 Å². The van der Waals surface area contributed by atoms with E-state index in [2.05, 4.69) is 9.84 Å². The number of hydrogen-bond acceptors (Lipinski definition) is 6. The second-order valence-corrected chi connectivity index (χ2v) is 8.48. The number of halogens is 3. The maximum atomic E-state index is 14.0. The Labute approximate surface area is 209 Å². The minimum absolute atomic E-state index is 0.0614. The number of carbonyl (C=O) groups is 1. The Kier molecular flexibility index (Phi) is 6.08. The molecule has 0 saturated heterocycles. The molecule has 0 radical (unpaired) electrons. The molecule has 3 aromatic carbocycles. The lowest BCUT2D eigenvalue weighted by Gasteiger charge is -2.12. The van der Waals surface area contributed by atoms with E-state index < -0.39 is 12.4 Å². The first-order chi connectivity index (χ1) is 17.7. The summed E-state index contributed by atoms with van der Waals surface area (Å²) in [6.07, 6.45) is 3.24. The quantitative estimate of drug-likeness (QED) is 0.246. The van der Waals surface area contributed by atoms with Gasteiger partial charge in [0.1, 0.15) is 17.3 Å². The number of anilines is 2. The summed E-state index contributed by atoms with van der Waals surface area (Å²) < 4.78 is 50.8. The molecule has 1 heterocycles. The highest BCUT2D eigenvalue weighted by molar-refractivity contribution is 6.15. The number of aromatic nitrogens is 2. The fourth-order valence-electron chi connectivity index (χ4n) is 4.17. The highest BCUT2D eigenvalue weighted by Gasteiger charge is 2.25. The SMILES string of the molecule is Cc1cc(-n2ncc(C(=O)C3=Cc4cc(OC(F)F)c(N)cc4C3)c2N)ccc1Oc1ccccc1F. The fourth-order valence-corrected chi connectivity index (χ4v) is 4.17. The van der Waals surface area contributed by atoms with Gasteiger partial charge in [-0.1, -0.05) is 12.1 Å². The summed E-state index contributed by atoms with van der Waals surface area (Å²) in [5.74, 6) is -0.279. The minimum Gasteiger partial charge on any atom is -0.454 e. The molecule has 4 aromatic rings. The summed E-state index contributed by atoms with van der Waals surface area (Å²) in [5.41, 5.74) is 15.4. The first-order valence-corrected chi connectivity index (χ1v) is 11.2. The smallest absolute Gasteiger partial charge is 0.387 e. The van der Waals surface area contributed by atoms with Crippen LogP contribution in [0.3, 0.4) is 0 Å². The van der Waals surface area contributed by atoms with Crippen LogP contribution in [0, 0.1) is 12.7 Å². The van der Waals surface area contributed by atoms with Crippen LogP contribution in [0.15, 0.2) is 66.4 Å². The van der Waals surface area contributed by atoms with E-state index in [-0.39, 0.29) is 40.8 Å². The van der Waals surface area contributed by atoms with Crippen molar-refractivity contribution in [2.24, 2.45) is 0 Å². The summed E-state index contributed by atoms with van der Waals surface area (Å²) in [7, 11) is 0. The van der Waals surface area contributed by atoms with Crippen molar-refractivity contribution in [3.05, 3.63) is 94.4 Å². The maximum absolute atomic E-state index is 14.0. The van der Waals surface area contributed by atoms with E-state index in [0.717, 1.165) is 5.56 Å². The molecule has 0 fully saturated rings. The zero-order valence-corrected chi connectivity index (χ0v) is 19.5. The molecule has 10 heteroatoms. The van der Waals surface area contributed by atoms with Crippen molar-refractivity contribution in [2.75, 3.05) is 11.5 Å². The molecule has 37 heavy (non-hydrogen) atoms. The van der Waals surface area contributed by atoms with Crippen molar-refractivity contribution in [1.29, 1.82) is 0 Å². The molecular weight excluding hydrogens is 485 g/mol. The fraction of sp³-hybridized carbons (Fsp3) is 0.111. The zero-order chi connectivity index (χ0) is 26.3. The van der Waals surface area contributed by atoms with E-state index in [0.29, 0.717) is 28.1 Å². The van der Waals surface area contributed by atoms with Crippen molar-refractivity contribution in [3.63, 3.8) is 0 Å². The Bertz CT molecular complexity index is 1560. The number of nitrogens with zero attached hydrogens (tertiary/aromatic N) is 2. The van der Waals surface area contributed by atoms with E-state index in [1.54, 1.807) is 43.3 Å². The Hall–Kier alpha value is -4.73. The van der Waals surface area contributed by atoms with E-state index in [1.165, 1.54) is 35.1 Å². The van der Waals surface area contributed by atoms with Crippen LogP contribution in [0.4, 0.5) is 24.7 Å². The van der Waals surface area contributed by atoms with Crippen LogP contribution in [0.25, 0.3) is 11.8 Å². The maximum Gasteiger partial charge on any atom is 0.387 e. The Morgan fingerprint density at radius 3 is 2.57 bits per heavy atom. The van der Waals surface area contributed by atoms with Gasteiger partial charge in [-0.3, -0.25) is 4.79 Å². The van der Waals surface area contributed by atoms with Gasteiger partial charge in [-0.15, -0.1) is 0 Å². The number of ketones is 1. The van der Waals surface area contributed by atoms with Gasteiger partial charge >= 0.3 is 6.61 Å².